The molecule has 0 saturated carbocycles. The molecule has 6 nitrogen and oxygen atoms in total. The molecule has 0 unspecified atom stereocenters. The molecule has 1 aliphatic heterocycles. The predicted octanol–water partition coefficient (Wildman–Crippen LogP) is 1.37. The first kappa shape index (κ1) is 20.6. The summed E-state index contributed by atoms with van der Waals surface area (Å²) in [6.07, 6.45) is 6.58. The van der Waals surface area contributed by atoms with Crippen LogP contribution in [0.5, 0.6) is 0 Å². The largest absolute Gasteiger partial charge is 0.376 e. The zero-order valence-corrected chi connectivity index (χ0v) is 15.8. The van der Waals surface area contributed by atoms with E-state index < -0.39 is 5.60 Å². The second kappa shape index (κ2) is 9.18. The number of hydrogen-bond donors (Lipinski definition) is 3. The lowest BCUT2D eigenvalue weighted by molar-refractivity contribution is -0.123. The predicted molar refractivity (Wildman–Crippen MR) is 95.6 cm³/mol. The van der Waals surface area contributed by atoms with Crippen LogP contribution in [0.25, 0.3) is 0 Å². The lowest BCUT2D eigenvalue weighted by Gasteiger charge is -2.41. The van der Waals surface area contributed by atoms with Gasteiger partial charge in [0.2, 0.25) is 11.8 Å². The van der Waals surface area contributed by atoms with Crippen LogP contribution in [0.1, 0.15) is 47.0 Å². The maximum Gasteiger partial charge on any atom is 0.236 e. The van der Waals surface area contributed by atoms with Crippen LogP contribution in [-0.4, -0.2) is 49.7 Å². The summed E-state index contributed by atoms with van der Waals surface area (Å²) in [5, 5.41) is 9.20. The number of carbonyl (C=O) groups is 2. The van der Waals surface area contributed by atoms with Crippen LogP contribution in [-0.2, 0) is 14.3 Å². The molecule has 3 N–H and O–H groups in total. The van der Waals surface area contributed by atoms with Crippen LogP contribution >= 0.6 is 0 Å². The van der Waals surface area contributed by atoms with E-state index in [-0.39, 0.29) is 35.9 Å². The first-order valence-corrected chi connectivity index (χ1v) is 8.75. The van der Waals surface area contributed by atoms with Crippen molar-refractivity contribution in [3.63, 3.8) is 0 Å². The third kappa shape index (κ3) is 4.80. The van der Waals surface area contributed by atoms with E-state index in [1.807, 2.05) is 19.9 Å². The number of allylic oxidation sites excluding steroid dienone is 1. The maximum atomic E-state index is 12.1. The normalized spacial score (nSPS) is 27.7. The van der Waals surface area contributed by atoms with Gasteiger partial charge in [-0.2, -0.15) is 0 Å². The average Bonchev–Trinajstić information content (AvgIpc) is 2.95. The molecule has 0 bridgehead atoms. The minimum absolute atomic E-state index is 0.0248. The highest BCUT2D eigenvalue weighted by Gasteiger charge is 2.47. The summed E-state index contributed by atoms with van der Waals surface area (Å²) in [7, 11) is 3.32. The summed E-state index contributed by atoms with van der Waals surface area (Å²) in [6, 6.07) is -0.556. The van der Waals surface area contributed by atoms with Crippen LogP contribution in [0, 0.1) is 5.92 Å². The second-order valence-electron chi connectivity index (χ2n) is 6.73. The number of ether oxygens (including phenoxy) is 1. The van der Waals surface area contributed by atoms with Crippen LogP contribution in [0.2, 0.25) is 0 Å². The maximum absolute atomic E-state index is 12.1. The zero-order valence-electron chi connectivity index (χ0n) is 15.8. The van der Waals surface area contributed by atoms with Crippen LogP contribution < -0.4 is 16.0 Å². The number of rotatable bonds is 8. The highest BCUT2D eigenvalue weighted by molar-refractivity contribution is 5.82. The Morgan fingerprint density at radius 2 is 2.12 bits per heavy atom. The van der Waals surface area contributed by atoms with Gasteiger partial charge in [-0.15, -0.1) is 0 Å². The van der Waals surface area contributed by atoms with E-state index in [0.29, 0.717) is 6.42 Å². The van der Waals surface area contributed by atoms with Crippen molar-refractivity contribution >= 4 is 11.8 Å². The van der Waals surface area contributed by atoms with Crippen LogP contribution in [0.15, 0.2) is 12.2 Å². The Bertz CT molecular complexity index is 466. The van der Waals surface area contributed by atoms with Crippen molar-refractivity contribution in [2.45, 2.75) is 70.7 Å². The molecule has 5 atom stereocenters. The summed E-state index contributed by atoms with van der Waals surface area (Å²) >= 11 is 0. The number of hydrogen-bond acceptors (Lipinski definition) is 4. The highest BCUT2D eigenvalue weighted by Crippen LogP contribution is 2.32. The van der Waals surface area contributed by atoms with Gasteiger partial charge in [0, 0.05) is 27.1 Å². The average molecular weight is 339 g/mol. The third-order valence-electron chi connectivity index (χ3n) is 4.95. The van der Waals surface area contributed by atoms with Crippen molar-refractivity contribution in [2.75, 3.05) is 14.2 Å². The van der Waals surface area contributed by atoms with E-state index in [0.717, 1.165) is 12.8 Å². The molecule has 1 rings (SSSR count). The first-order chi connectivity index (χ1) is 11.3. The van der Waals surface area contributed by atoms with Crippen molar-refractivity contribution in [1.29, 1.82) is 0 Å². The van der Waals surface area contributed by atoms with E-state index >= 15 is 0 Å². The van der Waals surface area contributed by atoms with Gasteiger partial charge in [0.25, 0.3) is 0 Å². The molecule has 1 saturated heterocycles. The molecule has 24 heavy (non-hydrogen) atoms. The van der Waals surface area contributed by atoms with Gasteiger partial charge >= 0.3 is 0 Å². The molecule has 0 aliphatic carbocycles. The van der Waals surface area contributed by atoms with E-state index in [2.05, 4.69) is 29.0 Å². The molecule has 0 aromatic carbocycles. The lowest BCUT2D eigenvalue weighted by Crippen LogP contribution is -2.62. The molecule has 0 aromatic rings. The summed E-state index contributed by atoms with van der Waals surface area (Å²) in [4.78, 5) is 23.9. The number of methoxy groups -OCH3 is 1. The Hall–Kier alpha value is -1.40. The summed E-state index contributed by atoms with van der Waals surface area (Å²) in [5.41, 5.74) is -0.504. The fourth-order valence-electron chi connectivity index (χ4n) is 3.71. The topological polar surface area (TPSA) is 79.5 Å². The Kier molecular flexibility index (Phi) is 7.90. The molecular formula is C18H33N3O3. The SMILES string of the molecule is CC=C[C@@H]1C[C@H](C(=O)NC)N[C@H]1[C@@H](NC(C)=O)[C@](C)(CCC)OC. The molecule has 2 amide bonds. The molecule has 6 heteroatoms. The van der Waals surface area contributed by atoms with Gasteiger partial charge in [0.1, 0.15) is 0 Å². The fourth-order valence-corrected chi connectivity index (χ4v) is 3.71. The smallest absolute Gasteiger partial charge is 0.236 e. The number of carbonyl (C=O) groups excluding carboxylic acids is 2. The molecular weight excluding hydrogens is 306 g/mol. The second-order valence-corrected chi connectivity index (χ2v) is 6.73. The van der Waals surface area contributed by atoms with Gasteiger partial charge < -0.3 is 20.7 Å². The minimum Gasteiger partial charge on any atom is -0.376 e. The van der Waals surface area contributed by atoms with Crippen molar-refractivity contribution in [1.82, 2.24) is 16.0 Å². The van der Waals surface area contributed by atoms with Crippen molar-refractivity contribution in [2.24, 2.45) is 5.92 Å². The van der Waals surface area contributed by atoms with E-state index in [1.54, 1.807) is 14.2 Å². The van der Waals surface area contributed by atoms with E-state index in [1.165, 1.54) is 6.92 Å². The van der Waals surface area contributed by atoms with Gasteiger partial charge in [0.15, 0.2) is 0 Å². The minimum atomic E-state index is -0.504. The molecule has 0 radical (unpaired) electrons. The van der Waals surface area contributed by atoms with Crippen LogP contribution in [0.4, 0.5) is 0 Å². The quantitative estimate of drug-likeness (QED) is 0.584. The van der Waals surface area contributed by atoms with Gasteiger partial charge in [0.05, 0.1) is 17.7 Å². The fraction of sp³-hybridized carbons (Fsp3) is 0.778. The van der Waals surface area contributed by atoms with Crippen LogP contribution in [0.3, 0.4) is 0 Å². The van der Waals surface area contributed by atoms with Gasteiger partial charge in [-0.3, -0.25) is 9.59 Å². The van der Waals surface area contributed by atoms with E-state index in [4.69, 9.17) is 4.74 Å². The zero-order chi connectivity index (χ0) is 18.3. The number of amides is 2. The van der Waals surface area contributed by atoms with E-state index in [9.17, 15) is 9.59 Å². The summed E-state index contributed by atoms with van der Waals surface area (Å²) < 4.78 is 5.82. The van der Waals surface area contributed by atoms with Crippen molar-refractivity contribution < 1.29 is 14.3 Å². The third-order valence-corrected chi connectivity index (χ3v) is 4.95. The van der Waals surface area contributed by atoms with Crippen molar-refractivity contribution in [3.8, 4) is 0 Å². The highest BCUT2D eigenvalue weighted by atomic mass is 16.5. The monoisotopic (exact) mass is 339 g/mol. The molecule has 1 aliphatic rings. The molecule has 0 aromatic heterocycles. The molecule has 138 valence electrons. The Morgan fingerprint density at radius 1 is 1.46 bits per heavy atom. The van der Waals surface area contributed by atoms with Gasteiger partial charge in [-0.25, -0.2) is 0 Å². The Labute approximate surface area is 145 Å². The molecule has 1 heterocycles. The molecule has 0 spiro atoms. The first-order valence-electron chi connectivity index (χ1n) is 8.75. The molecule has 1 fully saturated rings. The standard InChI is InChI=1S/C18H33N3O3/c1-7-9-13-11-14(17(23)19-5)21-15(13)16(20-12(3)22)18(4,24-6)10-8-2/h7,9,13-16,21H,8,10-11H2,1-6H3,(H,19,23)(H,20,22)/t13-,14-,15-,16-,18+/m1/s1. The number of nitrogens with one attached hydrogen (secondary N) is 3. The Balaban J connectivity index is 3.17. The van der Waals surface area contributed by atoms with Crippen molar-refractivity contribution in [3.05, 3.63) is 12.2 Å². The lowest BCUT2D eigenvalue weighted by atomic mass is 9.81. The summed E-state index contributed by atoms with van der Waals surface area (Å²) in [5.74, 6) is 0.0347. The summed E-state index contributed by atoms with van der Waals surface area (Å²) in [6.45, 7) is 7.61. The van der Waals surface area contributed by atoms with Gasteiger partial charge in [-0.1, -0.05) is 25.5 Å². The van der Waals surface area contributed by atoms with Gasteiger partial charge in [-0.05, 0) is 32.6 Å². The Morgan fingerprint density at radius 3 is 2.58 bits per heavy atom. The number of likely N-dealkylation sites (N-methyl/N-ethyl adjacent to an activating group) is 1.